The Kier molecular flexibility index (Phi) is 4.69. The predicted molar refractivity (Wildman–Crippen MR) is 77.4 cm³/mol. The van der Waals surface area contributed by atoms with E-state index in [9.17, 15) is 32.4 Å². The second-order valence-corrected chi connectivity index (χ2v) is 6.54. The molecule has 2 aliphatic rings. The molecule has 25 heavy (non-hydrogen) atoms. The lowest BCUT2D eigenvalue weighted by Crippen LogP contribution is -2.67. The van der Waals surface area contributed by atoms with E-state index in [2.05, 4.69) is 0 Å². The van der Waals surface area contributed by atoms with E-state index >= 15 is 0 Å². The van der Waals surface area contributed by atoms with Crippen LogP contribution < -0.4 is 14.8 Å². The summed E-state index contributed by atoms with van der Waals surface area (Å²) >= 11 is 0. The van der Waals surface area contributed by atoms with E-state index in [4.69, 9.17) is 5.11 Å². The summed E-state index contributed by atoms with van der Waals surface area (Å²) in [5.74, 6) is -0.947. The Morgan fingerprint density at radius 2 is 1.64 bits per heavy atom. The Labute approximate surface area is 140 Å². The lowest BCUT2D eigenvalue weighted by atomic mass is 10.1. The number of nitrogens with one attached hydrogen (secondary N) is 3. The summed E-state index contributed by atoms with van der Waals surface area (Å²) in [6.45, 7) is -0.174. The number of amides is 8. The van der Waals surface area contributed by atoms with Crippen LogP contribution in [0, 0.1) is 0 Å². The van der Waals surface area contributed by atoms with E-state index in [-0.39, 0.29) is 19.6 Å². The first-order valence-corrected chi connectivity index (χ1v) is 8.22. The van der Waals surface area contributed by atoms with Gasteiger partial charge in [0.15, 0.2) is 0 Å². The fourth-order valence-electron chi connectivity index (χ4n) is 2.07. The molecule has 0 bridgehead atoms. The molecule has 0 radical (unpaired) electrons. The lowest BCUT2D eigenvalue weighted by Gasteiger charge is -2.35. The maximum atomic E-state index is 11.8. The second kappa shape index (κ2) is 6.42. The Bertz CT molecular complexity index is 751. The highest BCUT2D eigenvalue weighted by Crippen LogP contribution is 2.11. The molecule has 2 saturated heterocycles. The van der Waals surface area contributed by atoms with Crippen LogP contribution in [0.2, 0.25) is 0 Å². The normalized spacial score (nSPS) is 20.2. The number of β-lactam (4-membered cyclic amide) rings is 1. The predicted octanol–water partition coefficient (Wildman–Crippen LogP) is -2.50. The van der Waals surface area contributed by atoms with Gasteiger partial charge in [-0.1, -0.05) is 0 Å². The minimum Gasteiger partial charge on any atom is -0.465 e. The number of hydrogen-bond acceptors (Lipinski definition) is 7. The number of urea groups is 3. The number of rotatable bonds is 3. The van der Waals surface area contributed by atoms with Crippen LogP contribution in [0.4, 0.5) is 19.2 Å². The number of carboxylic acid groups (broad SMARTS) is 1. The molecule has 8 amide bonds. The molecule has 138 valence electrons. The zero-order chi connectivity index (χ0) is 18.9. The number of hydrogen-bond donors (Lipinski definition) is 4. The standard InChI is InChI=1S/C10H14N6O8S/c1-14-2-3-15(10(14)22)7(18)12-25(23,24)13-8(19)16-4-5(6(16)17)11-9(20)21/h5,11H,2-4H2,1H3,(H,12,18)(H,13,19)(H,20,21). The van der Waals surface area contributed by atoms with Crippen molar-refractivity contribution < 1.29 is 37.5 Å². The third kappa shape index (κ3) is 3.87. The molecule has 0 aromatic carbocycles. The summed E-state index contributed by atoms with van der Waals surface area (Å²) in [6.07, 6.45) is -1.47. The summed E-state index contributed by atoms with van der Waals surface area (Å²) in [5.41, 5.74) is 0. The van der Waals surface area contributed by atoms with Gasteiger partial charge in [-0.3, -0.25) is 9.69 Å². The number of likely N-dealkylation sites (tertiary alicyclic amines) is 1. The first-order valence-electron chi connectivity index (χ1n) is 6.74. The van der Waals surface area contributed by atoms with Gasteiger partial charge >= 0.3 is 34.4 Å². The van der Waals surface area contributed by atoms with Crippen LogP contribution in [-0.2, 0) is 15.0 Å². The monoisotopic (exact) mass is 378 g/mol. The zero-order valence-corrected chi connectivity index (χ0v) is 13.6. The molecule has 0 spiro atoms. The van der Waals surface area contributed by atoms with E-state index in [0.717, 1.165) is 0 Å². The molecule has 0 aliphatic carbocycles. The zero-order valence-electron chi connectivity index (χ0n) is 12.8. The van der Waals surface area contributed by atoms with Crippen LogP contribution in [0.5, 0.6) is 0 Å². The number of carbonyl (C=O) groups is 5. The maximum Gasteiger partial charge on any atom is 0.405 e. The van der Waals surface area contributed by atoms with Crippen LogP contribution >= 0.6 is 0 Å². The van der Waals surface area contributed by atoms with Gasteiger partial charge in [-0.2, -0.15) is 8.42 Å². The smallest absolute Gasteiger partial charge is 0.405 e. The SMILES string of the molecule is CN1CCN(C(=O)NS(=O)(=O)NC(=O)N2CC(NC(=O)O)C2=O)C1=O. The summed E-state index contributed by atoms with van der Waals surface area (Å²) in [4.78, 5) is 59.2. The van der Waals surface area contributed by atoms with Gasteiger partial charge in [0.2, 0.25) is 0 Å². The van der Waals surface area contributed by atoms with Crippen molar-refractivity contribution in [2.45, 2.75) is 6.04 Å². The molecule has 0 saturated carbocycles. The average molecular weight is 378 g/mol. The van der Waals surface area contributed by atoms with Crippen molar-refractivity contribution in [3.63, 3.8) is 0 Å². The molecule has 1 atom stereocenters. The average Bonchev–Trinajstić information content (AvgIpc) is 2.81. The number of imide groups is 2. The van der Waals surface area contributed by atoms with Crippen molar-refractivity contribution in [1.29, 1.82) is 0 Å². The highest BCUT2D eigenvalue weighted by atomic mass is 32.2. The minimum absolute atomic E-state index is 0.0300. The third-order valence-corrected chi connectivity index (χ3v) is 4.26. The van der Waals surface area contributed by atoms with E-state index < -0.39 is 46.3 Å². The molecule has 2 heterocycles. The largest absolute Gasteiger partial charge is 0.465 e. The van der Waals surface area contributed by atoms with Crippen LogP contribution in [0.1, 0.15) is 0 Å². The first kappa shape index (κ1) is 18.2. The molecule has 15 heteroatoms. The van der Waals surface area contributed by atoms with Crippen molar-refractivity contribution in [3.8, 4) is 0 Å². The molecule has 2 rings (SSSR count). The summed E-state index contributed by atoms with van der Waals surface area (Å²) in [6, 6.07) is -4.48. The van der Waals surface area contributed by atoms with Gasteiger partial charge in [0.1, 0.15) is 6.04 Å². The van der Waals surface area contributed by atoms with Gasteiger partial charge in [0.25, 0.3) is 5.91 Å². The Morgan fingerprint density at radius 1 is 1.08 bits per heavy atom. The van der Waals surface area contributed by atoms with Gasteiger partial charge in [-0.05, 0) is 0 Å². The molecular weight excluding hydrogens is 364 g/mol. The Hall–Kier alpha value is -3.10. The molecule has 2 fully saturated rings. The molecule has 4 N–H and O–H groups in total. The summed E-state index contributed by atoms with van der Waals surface area (Å²) < 4.78 is 26.4. The van der Waals surface area contributed by atoms with Gasteiger partial charge in [-0.25, -0.2) is 33.5 Å². The molecule has 0 aromatic heterocycles. The van der Waals surface area contributed by atoms with Gasteiger partial charge in [-0.15, -0.1) is 0 Å². The quantitative estimate of drug-likeness (QED) is 0.388. The molecular formula is C10H14N6O8S. The van der Waals surface area contributed by atoms with Gasteiger partial charge in [0, 0.05) is 20.1 Å². The molecule has 14 nitrogen and oxygen atoms in total. The van der Waals surface area contributed by atoms with Crippen molar-refractivity contribution in [2.24, 2.45) is 0 Å². The van der Waals surface area contributed by atoms with E-state index in [1.807, 2.05) is 5.32 Å². The van der Waals surface area contributed by atoms with Crippen LogP contribution in [0.15, 0.2) is 0 Å². The van der Waals surface area contributed by atoms with Crippen molar-refractivity contribution in [1.82, 2.24) is 29.5 Å². The van der Waals surface area contributed by atoms with E-state index in [0.29, 0.717) is 9.80 Å². The number of likely N-dealkylation sites (N-methyl/N-ethyl adjacent to an activating group) is 1. The first-order chi connectivity index (χ1) is 11.5. The molecule has 2 aliphatic heterocycles. The fraction of sp³-hybridized carbons (Fsp3) is 0.500. The van der Waals surface area contributed by atoms with Gasteiger partial charge < -0.3 is 15.3 Å². The Balaban J connectivity index is 1.90. The lowest BCUT2D eigenvalue weighted by molar-refractivity contribution is -0.138. The summed E-state index contributed by atoms with van der Waals surface area (Å²) in [5, 5.41) is 10.3. The Morgan fingerprint density at radius 3 is 2.08 bits per heavy atom. The summed E-state index contributed by atoms with van der Waals surface area (Å²) in [7, 11) is -3.27. The molecule has 0 aromatic rings. The van der Waals surface area contributed by atoms with Crippen molar-refractivity contribution in [2.75, 3.05) is 26.7 Å². The third-order valence-electron chi connectivity index (χ3n) is 3.38. The minimum atomic E-state index is -4.69. The van der Waals surface area contributed by atoms with E-state index in [1.54, 1.807) is 0 Å². The number of nitrogens with zero attached hydrogens (tertiary/aromatic N) is 3. The van der Waals surface area contributed by atoms with Crippen LogP contribution in [0.3, 0.4) is 0 Å². The molecule has 1 unspecified atom stereocenters. The van der Waals surface area contributed by atoms with Crippen LogP contribution in [-0.4, -0.2) is 91.0 Å². The van der Waals surface area contributed by atoms with E-state index in [1.165, 1.54) is 21.4 Å². The second-order valence-electron chi connectivity index (χ2n) is 5.12. The van der Waals surface area contributed by atoms with Crippen molar-refractivity contribution >= 4 is 40.3 Å². The maximum absolute atomic E-state index is 11.8. The highest BCUT2D eigenvalue weighted by molar-refractivity contribution is 7.88. The topological polar surface area (TPSA) is 186 Å². The highest BCUT2D eigenvalue weighted by Gasteiger charge is 2.43. The van der Waals surface area contributed by atoms with Crippen LogP contribution in [0.25, 0.3) is 0 Å². The fourth-order valence-corrected chi connectivity index (χ4v) is 2.80. The van der Waals surface area contributed by atoms with Crippen molar-refractivity contribution in [3.05, 3.63) is 0 Å². The van der Waals surface area contributed by atoms with Gasteiger partial charge in [0.05, 0.1) is 6.54 Å². The number of carbonyl (C=O) groups excluding carboxylic acids is 4.